The number of hydrogen-bond donors (Lipinski definition) is 0. The van der Waals surface area contributed by atoms with Crippen LogP contribution >= 0.6 is 29.9 Å². The number of allylic oxidation sites excluding steroid dienone is 5. The van der Waals surface area contributed by atoms with Crippen molar-refractivity contribution in [2.45, 2.75) is 48.0 Å². The number of carbonyl (C=O) groups excluding carboxylic acids is 2. The average Bonchev–Trinajstić information content (AvgIpc) is 4.08. The molecule has 0 bridgehead atoms. The van der Waals surface area contributed by atoms with Crippen LogP contribution in [0.25, 0.3) is 22.8 Å². The molecule has 0 atom stereocenters. The maximum absolute atomic E-state index is 15.0. The number of rotatable bonds is 12. The first-order valence-electron chi connectivity index (χ1n) is 21.1. The fourth-order valence-corrected chi connectivity index (χ4v) is 17.0. The summed E-state index contributed by atoms with van der Waals surface area (Å²) in [5, 5.41) is 4.82. The quantitative estimate of drug-likeness (QED) is 0.0924. The van der Waals surface area contributed by atoms with E-state index < -0.39 is 7.26 Å². The Bertz CT molecular complexity index is 2580. The zero-order chi connectivity index (χ0) is 42.8. The van der Waals surface area contributed by atoms with Crippen LogP contribution in [0.5, 0.6) is 0 Å². The molecule has 8 rings (SSSR count). The molecule has 2 amide bonds. The molecule has 3 aromatic carbocycles. The van der Waals surface area contributed by atoms with Gasteiger partial charge in [0.05, 0.1) is 0 Å². The summed E-state index contributed by atoms with van der Waals surface area (Å²) in [7, 11) is -2.62. The number of carbonyl (C=O) groups is 2. The van der Waals surface area contributed by atoms with Crippen LogP contribution in [0.2, 0.25) is 0 Å². The number of thiophene rings is 2. The first-order chi connectivity index (χ1) is 29.6. The zero-order valence-corrected chi connectivity index (χ0v) is 40.6. The summed E-state index contributed by atoms with van der Waals surface area (Å²) in [4.78, 5) is 37.4. The summed E-state index contributed by atoms with van der Waals surface area (Å²) >= 11 is 5.00. The van der Waals surface area contributed by atoms with Gasteiger partial charge in [-0.05, 0) is 6.92 Å². The monoisotopic (exact) mass is 1040 g/mol. The van der Waals surface area contributed by atoms with E-state index in [4.69, 9.17) is 4.74 Å². The van der Waals surface area contributed by atoms with E-state index in [1.807, 2.05) is 22.8 Å². The van der Waals surface area contributed by atoms with Crippen LogP contribution in [0, 0.1) is 16.2 Å². The fourth-order valence-electron chi connectivity index (χ4n) is 8.67. The molecule has 5 aromatic rings. The Morgan fingerprint density at radius 2 is 1.25 bits per heavy atom. The molecular formula is C52H51N2O3OsPS2+. The second-order valence-electron chi connectivity index (χ2n) is 16.4. The van der Waals surface area contributed by atoms with Gasteiger partial charge in [-0.3, -0.25) is 0 Å². The van der Waals surface area contributed by atoms with Crippen LogP contribution in [0.4, 0.5) is 11.4 Å². The number of hydrogen-bond acceptors (Lipinski definition) is 5. The van der Waals surface area contributed by atoms with Crippen LogP contribution in [-0.2, 0) is 32.3 Å². The Kier molecular flexibility index (Phi) is 13.1. The van der Waals surface area contributed by atoms with E-state index in [9.17, 15) is 9.59 Å². The van der Waals surface area contributed by atoms with Crippen LogP contribution in [0.1, 0.15) is 67.5 Å². The van der Waals surface area contributed by atoms with E-state index in [1.165, 1.54) is 21.5 Å². The average molecular weight is 1040 g/mol. The van der Waals surface area contributed by atoms with Gasteiger partial charge in [-0.15, -0.1) is 0 Å². The van der Waals surface area contributed by atoms with E-state index in [-0.39, 0.29) is 23.7 Å². The second kappa shape index (κ2) is 18.5. The Labute approximate surface area is 379 Å². The van der Waals surface area contributed by atoms with Crippen LogP contribution in [0.3, 0.4) is 0 Å². The summed E-state index contributed by atoms with van der Waals surface area (Å²) in [5.74, 6) is 0.268. The normalized spacial score (nSPS) is 18.4. The molecule has 311 valence electrons. The van der Waals surface area contributed by atoms with Crippen molar-refractivity contribution >= 4 is 91.8 Å². The summed E-state index contributed by atoms with van der Waals surface area (Å²) in [5.41, 5.74) is 6.23. The van der Waals surface area contributed by atoms with Gasteiger partial charge in [0.15, 0.2) is 0 Å². The number of nitrogens with zero attached hydrogens (tertiary/aromatic N) is 2. The topological polar surface area (TPSA) is 49.9 Å². The molecule has 1 fully saturated rings. The SMILES string of the molecule is C/C=C/c1cc2c(s1)/C(=C1\C(=O)N(CC(C)C)c3cc(C(C=C4COCC4=CCC)=C([C]#[Os])[P+](c4ccccc4)(c4ccccc4)c4ccccc4)sc31)C(=O)N2CC(C)C. The minimum Gasteiger partial charge on any atom is -0.0611 e. The molecule has 0 spiro atoms. The summed E-state index contributed by atoms with van der Waals surface area (Å²) in [6.07, 6.45) is 9.64. The predicted molar refractivity (Wildman–Crippen MR) is 258 cm³/mol. The molecule has 5 nitrogen and oxygen atoms in total. The molecule has 61 heavy (non-hydrogen) atoms. The molecular weight excluding hydrogens is 986 g/mol. The molecule has 5 heterocycles. The van der Waals surface area contributed by atoms with Crippen molar-refractivity contribution in [3.63, 3.8) is 0 Å². The van der Waals surface area contributed by atoms with E-state index >= 15 is 0 Å². The first-order valence-corrected chi connectivity index (χ1v) is 25.7. The van der Waals surface area contributed by atoms with Crippen LogP contribution in [0.15, 0.2) is 138 Å². The third-order valence-corrected chi connectivity index (χ3v) is 18.8. The number of amides is 2. The summed E-state index contributed by atoms with van der Waals surface area (Å²) < 4.78 is 10.1. The third kappa shape index (κ3) is 7.94. The van der Waals surface area contributed by atoms with Crippen molar-refractivity contribution in [3.05, 3.63) is 157 Å². The zero-order valence-electron chi connectivity index (χ0n) is 35.6. The van der Waals surface area contributed by atoms with Gasteiger partial charge in [-0.1, -0.05) is 19.9 Å². The van der Waals surface area contributed by atoms with E-state index in [0.29, 0.717) is 37.4 Å². The van der Waals surface area contributed by atoms with Gasteiger partial charge < -0.3 is 0 Å². The van der Waals surface area contributed by atoms with Crippen molar-refractivity contribution in [2.75, 3.05) is 36.1 Å². The minimum atomic E-state index is -2.62. The molecule has 0 saturated carbocycles. The smallest absolute Gasteiger partial charge is 0.0611 e. The van der Waals surface area contributed by atoms with Gasteiger partial charge in [-0.25, -0.2) is 0 Å². The molecule has 3 aliphatic rings. The standard InChI is InChI=1S/C52H51N2O3PS2.Os/c1-8-19-37-32-57-33-38(37)27-43(36(7)58(39-21-13-10-14-22-39,40-23-15-11-16-24-40)41-25-17-12-18-26-41)46-29-45-50(60-46)48(52(56)54(45)31-35(5)6)47-49-44(28-42(59-49)20-9-2)53(51(47)55)30-34(3)4;/h9-29,34-35H,8,30-33H2,1-6H3;/q+1;/b20-9+,37-19?,38-27?,43-36?,48-47+;. The second-order valence-corrected chi connectivity index (χ2v) is 22.5. The Balaban J connectivity index is 1.48. The van der Waals surface area contributed by atoms with Crippen molar-refractivity contribution < 1.29 is 32.3 Å². The molecule has 1 saturated heterocycles. The Hall–Kier alpha value is -4.49. The van der Waals surface area contributed by atoms with Gasteiger partial charge in [0.1, 0.15) is 0 Å². The maximum atomic E-state index is 15.0. The van der Waals surface area contributed by atoms with Gasteiger partial charge in [0, 0.05) is 0 Å². The third-order valence-electron chi connectivity index (χ3n) is 11.1. The fraction of sp³-hybridized carbons (Fsp3) is 0.250. The molecule has 3 aliphatic heterocycles. The number of benzene rings is 3. The van der Waals surface area contributed by atoms with Crippen molar-refractivity contribution in [3.8, 4) is 4.37 Å². The molecule has 9 heteroatoms. The first kappa shape index (κ1) is 43.2. The minimum absolute atomic E-state index is 0.0905. The molecule has 0 N–H and O–H groups in total. The number of ether oxygens (including phenoxy) is 1. The van der Waals surface area contributed by atoms with Crippen LogP contribution in [-0.4, -0.2) is 38.1 Å². The van der Waals surface area contributed by atoms with Gasteiger partial charge in [-0.2, -0.15) is 0 Å². The predicted octanol–water partition coefficient (Wildman–Crippen LogP) is 11.3. The summed E-state index contributed by atoms with van der Waals surface area (Å²) in [6, 6.07) is 37.1. The van der Waals surface area contributed by atoms with Crippen LogP contribution < -0.4 is 25.7 Å². The Morgan fingerprint density at radius 3 is 1.72 bits per heavy atom. The molecule has 0 unspecified atom stereocenters. The van der Waals surface area contributed by atoms with Gasteiger partial charge in [0.2, 0.25) is 0 Å². The molecule has 2 aromatic heterocycles. The van der Waals surface area contributed by atoms with Gasteiger partial charge in [0.25, 0.3) is 0 Å². The number of anilines is 2. The van der Waals surface area contributed by atoms with Gasteiger partial charge >= 0.3 is 355 Å². The van der Waals surface area contributed by atoms with Crippen molar-refractivity contribution in [1.82, 2.24) is 0 Å². The summed E-state index contributed by atoms with van der Waals surface area (Å²) in [6.45, 7) is 14.9. The molecule has 0 aliphatic carbocycles. The van der Waals surface area contributed by atoms with E-state index in [0.717, 1.165) is 53.8 Å². The van der Waals surface area contributed by atoms with Crippen molar-refractivity contribution in [2.24, 2.45) is 11.8 Å². The van der Waals surface area contributed by atoms with E-state index in [2.05, 4.69) is 160 Å². The Morgan fingerprint density at radius 1 is 0.754 bits per heavy atom. The van der Waals surface area contributed by atoms with E-state index in [1.54, 1.807) is 40.6 Å². The van der Waals surface area contributed by atoms with Crippen molar-refractivity contribution in [1.29, 1.82) is 0 Å². The molecule has 0 radical (unpaired) electrons. The number of fused-ring (bicyclic) bond motifs is 2.